The number of ether oxygens (including phenoxy) is 1. The van der Waals surface area contributed by atoms with E-state index in [0.29, 0.717) is 25.2 Å². The largest absolute Gasteiger partial charge is 0.412 e. The van der Waals surface area contributed by atoms with Gasteiger partial charge in [-0.2, -0.15) is 5.90 Å². The molecule has 0 amide bonds. The smallest absolute Gasteiger partial charge is 0.153 e. The van der Waals surface area contributed by atoms with Gasteiger partial charge in [0, 0.05) is 19.4 Å². The Hall–Kier alpha value is -1.72. The second-order valence-electron chi connectivity index (χ2n) is 5.64. The van der Waals surface area contributed by atoms with Crippen LogP contribution in [-0.4, -0.2) is 25.3 Å². The Morgan fingerprint density at radius 2 is 1.77 bits per heavy atom. The number of hydrogen-bond donors (Lipinski definition) is 1. The minimum absolute atomic E-state index is 0.0159. The Morgan fingerprint density at radius 1 is 1.18 bits per heavy atom. The molecule has 2 rings (SSSR count). The zero-order valence-corrected chi connectivity index (χ0v) is 13.3. The van der Waals surface area contributed by atoms with Gasteiger partial charge in [0.2, 0.25) is 0 Å². The lowest BCUT2D eigenvalue weighted by Gasteiger charge is -2.19. The number of benzene rings is 1. The van der Waals surface area contributed by atoms with Crippen molar-refractivity contribution in [3.05, 3.63) is 28.8 Å². The first-order valence-corrected chi connectivity index (χ1v) is 7.65. The van der Waals surface area contributed by atoms with Crippen LogP contribution in [-0.2, 0) is 27.2 Å². The average molecular weight is 305 g/mol. The molecule has 2 unspecified atom stereocenters. The second-order valence-corrected chi connectivity index (χ2v) is 5.64. The number of carbonyl (C=O) groups excluding carboxylic acids is 2. The number of nitrogens with two attached hydrogens (primary N) is 1. The van der Waals surface area contributed by atoms with E-state index >= 15 is 0 Å². The average Bonchev–Trinajstić information content (AvgIpc) is 2.80. The van der Waals surface area contributed by atoms with Crippen LogP contribution in [0.4, 0.5) is 0 Å². The highest BCUT2D eigenvalue weighted by Gasteiger charge is 2.43. The van der Waals surface area contributed by atoms with Gasteiger partial charge in [0.05, 0.1) is 6.61 Å². The number of aryl methyl sites for hydroxylation is 2. The van der Waals surface area contributed by atoms with Crippen LogP contribution in [0.15, 0.2) is 12.1 Å². The van der Waals surface area contributed by atoms with E-state index in [0.717, 1.165) is 16.7 Å². The van der Waals surface area contributed by atoms with E-state index < -0.39 is 5.92 Å². The topological polar surface area (TPSA) is 78.6 Å². The highest BCUT2D eigenvalue weighted by Crippen LogP contribution is 2.38. The van der Waals surface area contributed by atoms with Gasteiger partial charge in [-0.3, -0.25) is 9.59 Å². The Labute approximate surface area is 130 Å². The summed E-state index contributed by atoms with van der Waals surface area (Å²) in [5.74, 6) is 4.78. The molecule has 2 N–H and O–H groups in total. The van der Waals surface area contributed by atoms with Crippen LogP contribution in [0, 0.1) is 5.92 Å². The third-order valence-corrected chi connectivity index (χ3v) is 4.34. The van der Waals surface area contributed by atoms with Gasteiger partial charge in [0.25, 0.3) is 0 Å². The Morgan fingerprint density at radius 3 is 2.23 bits per heavy atom. The molecule has 1 fully saturated rings. The summed E-state index contributed by atoms with van der Waals surface area (Å²) < 4.78 is 5.07. The van der Waals surface area contributed by atoms with E-state index in [1.165, 1.54) is 0 Å². The lowest BCUT2D eigenvalue weighted by molar-refractivity contribution is -0.125. The molecule has 0 spiro atoms. The minimum atomic E-state index is -0.670. The van der Waals surface area contributed by atoms with Gasteiger partial charge in [-0.05, 0) is 41.7 Å². The van der Waals surface area contributed by atoms with Crippen molar-refractivity contribution in [2.24, 2.45) is 11.8 Å². The molecule has 0 bridgehead atoms. The van der Waals surface area contributed by atoms with E-state index in [2.05, 4.69) is 0 Å². The Bertz CT molecular complexity index is 557. The van der Waals surface area contributed by atoms with Crippen molar-refractivity contribution in [3.63, 3.8) is 0 Å². The third-order valence-electron chi connectivity index (χ3n) is 4.34. The van der Waals surface area contributed by atoms with Crippen LogP contribution >= 0.6 is 0 Å². The van der Waals surface area contributed by atoms with E-state index in [-0.39, 0.29) is 23.9 Å². The SMILES string of the molecule is CCc1cc(ON)cc(CC)c1C1C(=O)CC(COC)C1=O. The van der Waals surface area contributed by atoms with Gasteiger partial charge in [-0.1, -0.05) is 13.8 Å². The summed E-state index contributed by atoms with van der Waals surface area (Å²) in [4.78, 5) is 29.9. The van der Waals surface area contributed by atoms with Crippen LogP contribution in [0.25, 0.3) is 0 Å². The molecule has 120 valence electrons. The number of carbonyl (C=O) groups is 2. The van der Waals surface area contributed by atoms with Crippen LogP contribution in [0.5, 0.6) is 5.75 Å². The van der Waals surface area contributed by atoms with Gasteiger partial charge in [-0.15, -0.1) is 0 Å². The van der Waals surface area contributed by atoms with Crippen LogP contribution in [0.2, 0.25) is 0 Å². The molecule has 22 heavy (non-hydrogen) atoms. The lowest BCUT2D eigenvalue weighted by atomic mass is 9.85. The van der Waals surface area contributed by atoms with E-state index in [9.17, 15) is 9.59 Å². The summed E-state index contributed by atoms with van der Waals surface area (Å²) in [6.45, 7) is 4.29. The van der Waals surface area contributed by atoms with Gasteiger partial charge in [0.15, 0.2) is 5.78 Å². The molecular weight excluding hydrogens is 282 g/mol. The molecule has 1 aliphatic rings. The van der Waals surface area contributed by atoms with Crippen molar-refractivity contribution in [1.29, 1.82) is 0 Å². The first-order chi connectivity index (χ1) is 10.6. The highest BCUT2D eigenvalue weighted by atomic mass is 16.6. The van der Waals surface area contributed by atoms with Crippen molar-refractivity contribution in [1.82, 2.24) is 0 Å². The number of rotatable bonds is 6. The fraction of sp³-hybridized carbons (Fsp3) is 0.529. The molecule has 0 heterocycles. The van der Waals surface area contributed by atoms with Crippen LogP contribution < -0.4 is 10.7 Å². The maximum absolute atomic E-state index is 12.6. The first kappa shape index (κ1) is 16.6. The highest BCUT2D eigenvalue weighted by molar-refractivity contribution is 6.15. The molecule has 2 atom stereocenters. The predicted octanol–water partition coefficient (Wildman–Crippen LogP) is 1.95. The van der Waals surface area contributed by atoms with E-state index in [1.54, 1.807) is 7.11 Å². The quantitative estimate of drug-likeness (QED) is 0.642. The summed E-state index contributed by atoms with van der Waals surface area (Å²) in [5.41, 5.74) is 2.74. The monoisotopic (exact) mass is 305 g/mol. The van der Waals surface area contributed by atoms with Crippen molar-refractivity contribution in [2.75, 3.05) is 13.7 Å². The number of methoxy groups -OCH3 is 1. The van der Waals surface area contributed by atoms with Gasteiger partial charge in [-0.25, -0.2) is 0 Å². The fourth-order valence-corrected chi connectivity index (χ4v) is 3.27. The van der Waals surface area contributed by atoms with E-state index in [4.69, 9.17) is 15.5 Å². The number of ketones is 2. The van der Waals surface area contributed by atoms with Gasteiger partial charge in [0.1, 0.15) is 17.5 Å². The molecule has 1 aromatic rings. The normalized spacial score (nSPS) is 21.5. The first-order valence-electron chi connectivity index (χ1n) is 7.65. The molecule has 1 aromatic carbocycles. The zero-order chi connectivity index (χ0) is 16.3. The molecule has 0 radical (unpaired) electrons. The Kier molecular flexibility index (Phi) is 5.32. The Balaban J connectivity index is 2.51. The number of hydrogen-bond acceptors (Lipinski definition) is 5. The second kappa shape index (κ2) is 7.03. The maximum atomic E-state index is 12.6. The van der Waals surface area contributed by atoms with Crippen molar-refractivity contribution in [2.45, 2.75) is 39.0 Å². The summed E-state index contributed by atoms with van der Waals surface area (Å²) in [6, 6.07) is 3.64. The molecule has 1 aliphatic carbocycles. The van der Waals surface area contributed by atoms with Crippen molar-refractivity contribution in [3.8, 4) is 5.75 Å². The van der Waals surface area contributed by atoms with E-state index in [1.807, 2.05) is 26.0 Å². The van der Waals surface area contributed by atoms with Gasteiger partial charge < -0.3 is 9.57 Å². The van der Waals surface area contributed by atoms with Crippen LogP contribution in [0.1, 0.15) is 42.9 Å². The maximum Gasteiger partial charge on any atom is 0.153 e. The molecule has 0 aliphatic heterocycles. The predicted molar refractivity (Wildman–Crippen MR) is 82.8 cm³/mol. The molecule has 0 saturated heterocycles. The van der Waals surface area contributed by atoms with Crippen molar-refractivity contribution < 1.29 is 19.2 Å². The standard InChI is InChI=1S/C17H23NO4/c1-4-10-6-13(22-18)7-11(5-2)15(10)16-14(19)8-12(9-21-3)17(16)20/h6-7,12,16H,4-5,8-9,18H2,1-3H3. The van der Waals surface area contributed by atoms with Gasteiger partial charge >= 0.3 is 0 Å². The molecule has 1 saturated carbocycles. The fourth-order valence-electron chi connectivity index (χ4n) is 3.27. The van der Waals surface area contributed by atoms with Crippen molar-refractivity contribution >= 4 is 11.6 Å². The molecule has 5 nitrogen and oxygen atoms in total. The summed E-state index contributed by atoms with van der Waals surface area (Å²) in [5, 5.41) is 0. The minimum Gasteiger partial charge on any atom is -0.412 e. The molecule has 0 aromatic heterocycles. The molecule has 5 heteroatoms. The lowest BCUT2D eigenvalue weighted by Crippen LogP contribution is -2.21. The third kappa shape index (κ3) is 2.91. The van der Waals surface area contributed by atoms with Crippen LogP contribution in [0.3, 0.4) is 0 Å². The zero-order valence-electron chi connectivity index (χ0n) is 13.3. The summed E-state index contributed by atoms with van der Waals surface area (Å²) in [7, 11) is 1.55. The summed E-state index contributed by atoms with van der Waals surface area (Å²) >= 11 is 0. The molecular formula is C17H23NO4. The summed E-state index contributed by atoms with van der Waals surface area (Å²) in [6.07, 6.45) is 1.69. The number of Topliss-reactive ketones (excluding diaryl/α,β-unsaturated/α-hetero) is 2.